The fourth-order valence-electron chi connectivity index (χ4n) is 6.98. The number of hydrogen-bond donors (Lipinski definition) is 0. The van der Waals surface area contributed by atoms with Gasteiger partial charge >= 0.3 is 5.97 Å². The number of esters is 1. The molecular weight excluding hydrogens is 578 g/mol. The second-order valence-corrected chi connectivity index (χ2v) is 12.1. The van der Waals surface area contributed by atoms with Crippen molar-refractivity contribution in [3.05, 3.63) is 157 Å². The molecule has 0 aliphatic carbocycles. The van der Waals surface area contributed by atoms with Crippen LogP contribution in [0.3, 0.4) is 0 Å². The molecule has 0 bridgehead atoms. The van der Waals surface area contributed by atoms with E-state index < -0.39 is 5.97 Å². The molecule has 0 saturated carbocycles. The minimum atomic E-state index is -0.402. The van der Waals surface area contributed by atoms with Crippen LogP contribution in [0.5, 0.6) is 0 Å². The lowest BCUT2D eigenvalue weighted by Crippen LogP contribution is -2.43. The van der Waals surface area contributed by atoms with E-state index in [-0.39, 0.29) is 0 Å². The zero-order valence-electron chi connectivity index (χ0n) is 26.6. The summed E-state index contributed by atoms with van der Waals surface area (Å²) in [6.07, 6.45) is 4.25. The lowest BCUT2D eigenvalue weighted by molar-refractivity contribution is -0.677. The molecule has 0 saturated heterocycles. The maximum absolute atomic E-state index is 14.0. The molecule has 3 aromatic heterocycles. The lowest BCUT2D eigenvalue weighted by Gasteiger charge is -2.15. The maximum atomic E-state index is 14.0. The van der Waals surface area contributed by atoms with Crippen molar-refractivity contribution < 1.29 is 23.2 Å². The Kier molecular flexibility index (Phi) is 6.95. The van der Waals surface area contributed by atoms with Crippen molar-refractivity contribution in [2.45, 2.75) is 13.5 Å². The minimum Gasteiger partial charge on any atom is -0.461 e. The average molecular weight is 613 g/mol. The molecule has 5 nitrogen and oxygen atoms in total. The molecule has 47 heavy (non-hydrogen) atoms. The van der Waals surface area contributed by atoms with Crippen molar-refractivity contribution in [1.29, 1.82) is 0 Å². The van der Waals surface area contributed by atoms with Gasteiger partial charge in [-0.25, -0.2) is 9.36 Å². The molecule has 7 aromatic rings. The number of nitrogens with zero attached hydrogens (tertiary/aromatic N) is 3. The summed E-state index contributed by atoms with van der Waals surface area (Å²) in [5.74, 6) is -0.402. The second kappa shape index (κ2) is 11.5. The van der Waals surface area contributed by atoms with Crippen molar-refractivity contribution in [3.63, 3.8) is 0 Å². The number of aryl methyl sites for hydroxylation is 2. The monoisotopic (exact) mass is 612 g/mol. The summed E-state index contributed by atoms with van der Waals surface area (Å²) in [6.45, 7) is 2.75. The fraction of sp³-hybridized carbons (Fsp3) is 0.0952. The van der Waals surface area contributed by atoms with Gasteiger partial charge in [-0.2, -0.15) is 4.57 Å². The van der Waals surface area contributed by atoms with Gasteiger partial charge in [0.2, 0.25) is 22.8 Å². The van der Waals surface area contributed by atoms with Crippen molar-refractivity contribution in [1.82, 2.24) is 0 Å². The number of methoxy groups -OCH3 is 1. The van der Waals surface area contributed by atoms with Gasteiger partial charge in [-0.15, -0.1) is 4.57 Å². The summed E-state index contributed by atoms with van der Waals surface area (Å²) in [5, 5.41) is 2.28. The quantitative estimate of drug-likeness (QED) is 0.155. The van der Waals surface area contributed by atoms with Crippen LogP contribution in [-0.2, 0) is 18.3 Å². The first kappa shape index (κ1) is 28.5. The zero-order valence-corrected chi connectivity index (χ0v) is 26.6. The van der Waals surface area contributed by atoms with Gasteiger partial charge in [0, 0.05) is 35.9 Å². The van der Waals surface area contributed by atoms with Crippen LogP contribution in [0.15, 0.2) is 140 Å². The lowest BCUT2D eigenvalue weighted by atomic mass is 9.94. The Morgan fingerprint density at radius 2 is 1.43 bits per heavy atom. The standard InChI is InChI=1S/C42H34N3O2/c1-28-18-20-29(21-19-28)32-25-38-33-13-6-5-12-31(33)27-44-23-9-8-17-37(44)35-15-10-16-36(41(35)45(38)39(26-32)42(46)47-3)40-34-14-7-4-11-30(34)22-24-43(40)2/h4-26H,27H2,1-3H3/q+3. The molecular formula is C42H34N3O2+3. The number of carbonyl (C=O) groups excluding carboxylic acids is 1. The predicted octanol–water partition coefficient (Wildman–Crippen LogP) is 7.35. The molecule has 0 amide bonds. The molecule has 8 rings (SSSR count). The maximum Gasteiger partial charge on any atom is 0.403 e. The van der Waals surface area contributed by atoms with Gasteiger partial charge in [0.25, 0.3) is 5.69 Å². The third-order valence-corrected chi connectivity index (χ3v) is 9.26. The highest BCUT2D eigenvalue weighted by Crippen LogP contribution is 2.38. The fourth-order valence-corrected chi connectivity index (χ4v) is 6.98. The van der Waals surface area contributed by atoms with E-state index in [0.717, 1.165) is 66.9 Å². The second-order valence-electron chi connectivity index (χ2n) is 12.1. The normalized spacial score (nSPS) is 11.7. The third kappa shape index (κ3) is 4.79. The largest absolute Gasteiger partial charge is 0.461 e. The van der Waals surface area contributed by atoms with Crippen LogP contribution in [0, 0.1) is 6.92 Å². The van der Waals surface area contributed by atoms with Crippen LogP contribution in [0.25, 0.3) is 61.4 Å². The molecule has 5 heteroatoms. The topological polar surface area (TPSA) is 37.9 Å². The summed E-state index contributed by atoms with van der Waals surface area (Å²) >= 11 is 0. The van der Waals surface area contributed by atoms with E-state index in [1.54, 1.807) is 0 Å². The van der Waals surface area contributed by atoms with E-state index in [2.05, 4.69) is 161 Å². The Morgan fingerprint density at radius 3 is 2.28 bits per heavy atom. The number of para-hydroxylation sites is 1. The number of ether oxygens (including phenoxy) is 1. The zero-order chi connectivity index (χ0) is 32.1. The Hall–Kier alpha value is -5.94. The molecule has 4 heterocycles. The molecule has 0 N–H and O–H groups in total. The Labute approximate surface area is 274 Å². The van der Waals surface area contributed by atoms with Gasteiger partial charge in [-0.1, -0.05) is 72.3 Å². The SMILES string of the molecule is COC(=O)c1cc(-c2ccc(C)cc2)cc2[n+]1-c1c(-c3c4ccccc4cc[n+]3C)cccc1-c1cccc[n+]1Cc1ccccc1-2. The molecule has 4 aromatic carbocycles. The van der Waals surface area contributed by atoms with Gasteiger partial charge in [-0.3, -0.25) is 0 Å². The summed E-state index contributed by atoms with van der Waals surface area (Å²) in [7, 11) is 3.54. The van der Waals surface area contributed by atoms with Crippen LogP contribution >= 0.6 is 0 Å². The summed E-state index contributed by atoms with van der Waals surface area (Å²) in [5.41, 5.74) is 11.8. The number of fused-ring (bicyclic) bond motifs is 8. The summed E-state index contributed by atoms with van der Waals surface area (Å²) in [6, 6.07) is 44.5. The Morgan fingerprint density at radius 1 is 0.681 bits per heavy atom. The van der Waals surface area contributed by atoms with Crippen LogP contribution in [0.4, 0.5) is 0 Å². The molecule has 0 radical (unpaired) electrons. The molecule has 226 valence electrons. The number of hydrogen-bond acceptors (Lipinski definition) is 2. The van der Waals surface area contributed by atoms with E-state index in [1.807, 2.05) is 6.07 Å². The Balaban J connectivity index is 1.60. The van der Waals surface area contributed by atoms with Gasteiger partial charge < -0.3 is 4.74 Å². The van der Waals surface area contributed by atoms with Gasteiger partial charge in [0.1, 0.15) is 18.2 Å². The molecule has 1 aliphatic heterocycles. The number of aromatic nitrogens is 3. The first-order valence-electron chi connectivity index (χ1n) is 15.9. The average Bonchev–Trinajstić information content (AvgIpc) is 3.16. The number of benzene rings is 4. The van der Waals surface area contributed by atoms with Crippen molar-refractivity contribution >= 4 is 16.7 Å². The molecule has 0 fully saturated rings. The van der Waals surface area contributed by atoms with Crippen LogP contribution in [-0.4, -0.2) is 13.1 Å². The summed E-state index contributed by atoms with van der Waals surface area (Å²) in [4.78, 5) is 14.0. The third-order valence-electron chi connectivity index (χ3n) is 9.26. The predicted molar refractivity (Wildman–Crippen MR) is 184 cm³/mol. The highest BCUT2D eigenvalue weighted by atomic mass is 16.5. The van der Waals surface area contributed by atoms with E-state index in [9.17, 15) is 4.79 Å². The van der Waals surface area contributed by atoms with Gasteiger partial charge in [-0.05, 0) is 53.8 Å². The van der Waals surface area contributed by atoms with Gasteiger partial charge in [0.15, 0.2) is 18.9 Å². The smallest absolute Gasteiger partial charge is 0.403 e. The van der Waals surface area contributed by atoms with Crippen molar-refractivity contribution in [3.8, 4) is 50.6 Å². The highest BCUT2D eigenvalue weighted by Gasteiger charge is 2.39. The van der Waals surface area contributed by atoms with Crippen LogP contribution in [0.1, 0.15) is 21.6 Å². The number of rotatable bonds is 3. The van der Waals surface area contributed by atoms with E-state index >= 15 is 0 Å². The van der Waals surface area contributed by atoms with E-state index in [0.29, 0.717) is 12.2 Å². The molecule has 1 aliphatic rings. The van der Waals surface area contributed by atoms with Crippen LogP contribution < -0.4 is 13.7 Å². The first-order chi connectivity index (χ1) is 23.0. The molecule has 0 atom stereocenters. The minimum absolute atomic E-state index is 0.402. The summed E-state index contributed by atoms with van der Waals surface area (Å²) < 4.78 is 12.2. The highest BCUT2D eigenvalue weighted by molar-refractivity contribution is 5.96. The van der Waals surface area contributed by atoms with E-state index in [1.165, 1.54) is 12.7 Å². The number of carbonyl (C=O) groups is 1. The molecule has 0 spiro atoms. The van der Waals surface area contributed by atoms with Gasteiger partial charge in [0.05, 0.1) is 18.1 Å². The van der Waals surface area contributed by atoms with Crippen molar-refractivity contribution in [2.75, 3.05) is 7.11 Å². The van der Waals surface area contributed by atoms with Crippen LogP contribution in [0.2, 0.25) is 0 Å². The number of pyridine rings is 3. The first-order valence-corrected chi connectivity index (χ1v) is 15.9. The van der Waals surface area contributed by atoms with Crippen molar-refractivity contribution in [2.24, 2.45) is 7.05 Å². The molecule has 0 unspecified atom stereocenters. The Bertz CT molecular complexity index is 2360. The van der Waals surface area contributed by atoms with E-state index in [4.69, 9.17) is 4.74 Å².